The molecule has 0 aliphatic heterocycles. The molecule has 1 aromatic carbocycles. The van der Waals surface area contributed by atoms with Crippen LogP contribution in [-0.2, 0) is 11.2 Å². The lowest BCUT2D eigenvalue weighted by Gasteiger charge is -2.12. The first-order chi connectivity index (χ1) is 7.99. The van der Waals surface area contributed by atoms with Crippen molar-refractivity contribution in [2.45, 2.75) is 12.5 Å². The molecule has 1 rings (SSSR count). The Morgan fingerprint density at radius 2 is 1.94 bits per heavy atom. The van der Waals surface area contributed by atoms with Gasteiger partial charge >= 0.3 is 5.97 Å². The standard InChI is InChI=1S/C11H14FNO4/c1-16-9-4-6(3-8(13)11(14)15)7(12)5-10(9)17-2/h4-5,8H,3,13H2,1-2H3,(H,14,15)/t8-/m0/s1. The number of methoxy groups -OCH3 is 2. The fourth-order valence-electron chi connectivity index (χ4n) is 1.38. The van der Waals surface area contributed by atoms with Gasteiger partial charge in [0.15, 0.2) is 11.5 Å². The van der Waals surface area contributed by atoms with Crippen molar-refractivity contribution < 1.29 is 23.8 Å². The minimum Gasteiger partial charge on any atom is -0.493 e. The van der Waals surface area contributed by atoms with Crippen LogP contribution in [0.5, 0.6) is 11.5 Å². The summed E-state index contributed by atoms with van der Waals surface area (Å²) in [6, 6.07) is 1.38. The lowest BCUT2D eigenvalue weighted by Crippen LogP contribution is -2.32. The fraction of sp³-hybridized carbons (Fsp3) is 0.364. The number of rotatable bonds is 5. The minimum atomic E-state index is -1.18. The normalized spacial score (nSPS) is 12.0. The van der Waals surface area contributed by atoms with Crippen molar-refractivity contribution in [3.8, 4) is 11.5 Å². The molecule has 3 N–H and O–H groups in total. The largest absolute Gasteiger partial charge is 0.493 e. The van der Waals surface area contributed by atoms with Crippen molar-refractivity contribution in [2.75, 3.05) is 14.2 Å². The quantitative estimate of drug-likeness (QED) is 0.799. The molecule has 0 radical (unpaired) electrons. The van der Waals surface area contributed by atoms with Crippen LogP contribution in [0.4, 0.5) is 4.39 Å². The van der Waals surface area contributed by atoms with E-state index in [2.05, 4.69) is 0 Å². The fourth-order valence-corrected chi connectivity index (χ4v) is 1.38. The van der Waals surface area contributed by atoms with E-state index in [0.29, 0.717) is 5.75 Å². The first-order valence-electron chi connectivity index (χ1n) is 4.88. The van der Waals surface area contributed by atoms with Crippen LogP contribution in [0.1, 0.15) is 5.56 Å². The molecule has 1 aromatic rings. The molecule has 0 spiro atoms. The van der Waals surface area contributed by atoms with E-state index < -0.39 is 17.8 Å². The number of aliphatic carboxylic acids is 1. The zero-order chi connectivity index (χ0) is 13.0. The van der Waals surface area contributed by atoms with Crippen LogP contribution >= 0.6 is 0 Å². The third-order valence-electron chi connectivity index (χ3n) is 2.31. The highest BCUT2D eigenvalue weighted by molar-refractivity contribution is 5.73. The Kier molecular flexibility index (Phi) is 4.28. The van der Waals surface area contributed by atoms with Gasteiger partial charge in [0.2, 0.25) is 0 Å². The topological polar surface area (TPSA) is 81.8 Å². The molecule has 0 fully saturated rings. The number of carboxylic acids is 1. The maximum Gasteiger partial charge on any atom is 0.320 e. The smallest absolute Gasteiger partial charge is 0.320 e. The Bertz CT molecular complexity index is 422. The third kappa shape index (κ3) is 3.07. The van der Waals surface area contributed by atoms with Gasteiger partial charge in [-0.15, -0.1) is 0 Å². The highest BCUT2D eigenvalue weighted by atomic mass is 19.1. The second-order valence-corrected chi connectivity index (χ2v) is 3.45. The van der Waals surface area contributed by atoms with E-state index >= 15 is 0 Å². The van der Waals surface area contributed by atoms with Gasteiger partial charge in [-0.05, 0) is 11.6 Å². The van der Waals surface area contributed by atoms with Crippen molar-refractivity contribution in [3.05, 3.63) is 23.5 Å². The van der Waals surface area contributed by atoms with Crippen molar-refractivity contribution in [1.82, 2.24) is 0 Å². The molecule has 1 atom stereocenters. The second-order valence-electron chi connectivity index (χ2n) is 3.45. The van der Waals surface area contributed by atoms with E-state index in [1.54, 1.807) is 0 Å². The van der Waals surface area contributed by atoms with Crippen LogP contribution in [0.25, 0.3) is 0 Å². The number of halogens is 1. The maximum absolute atomic E-state index is 13.6. The molecule has 0 saturated heterocycles. The maximum atomic E-state index is 13.6. The van der Waals surface area contributed by atoms with Gasteiger partial charge in [0, 0.05) is 12.5 Å². The van der Waals surface area contributed by atoms with Gasteiger partial charge in [0.05, 0.1) is 14.2 Å². The van der Waals surface area contributed by atoms with E-state index in [1.165, 1.54) is 20.3 Å². The molecular formula is C11H14FNO4. The molecule has 0 unspecified atom stereocenters. The zero-order valence-corrected chi connectivity index (χ0v) is 9.57. The summed E-state index contributed by atoms with van der Waals surface area (Å²) < 4.78 is 23.5. The Labute approximate surface area is 97.9 Å². The van der Waals surface area contributed by atoms with E-state index in [9.17, 15) is 9.18 Å². The molecule has 6 heteroatoms. The first kappa shape index (κ1) is 13.2. The van der Waals surface area contributed by atoms with Gasteiger partial charge in [0.25, 0.3) is 0 Å². The van der Waals surface area contributed by atoms with E-state index in [0.717, 1.165) is 6.07 Å². The molecule has 0 aliphatic carbocycles. The number of carboxylic acid groups (broad SMARTS) is 1. The molecule has 5 nitrogen and oxygen atoms in total. The van der Waals surface area contributed by atoms with E-state index in [1.807, 2.05) is 0 Å². The van der Waals surface area contributed by atoms with Gasteiger partial charge < -0.3 is 20.3 Å². The summed E-state index contributed by atoms with van der Waals surface area (Å²) in [5.41, 5.74) is 5.52. The molecule has 0 bridgehead atoms. The van der Waals surface area contributed by atoms with Crippen LogP contribution in [0, 0.1) is 5.82 Å². The molecule has 0 heterocycles. The molecule has 0 saturated carbocycles. The Morgan fingerprint density at radius 1 is 1.41 bits per heavy atom. The van der Waals surface area contributed by atoms with Gasteiger partial charge in [0.1, 0.15) is 11.9 Å². The van der Waals surface area contributed by atoms with Crippen molar-refractivity contribution in [2.24, 2.45) is 5.73 Å². The second kappa shape index (κ2) is 5.49. The predicted molar refractivity (Wildman–Crippen MR) is 58.8 cm³/mol. The predicted octanol–water partition coefficient (Wildman–Crippen LogP) is 0.797. The number of hydrogen-bond donors (Lipinski definition) is 2. The Hall–Kier alpha value is -1.82. The van der Waals surface area contributed by atoms with Crippen LogP contribution in [0.3, 0.4) is 0 Å². The summed E-state index contributed by atoms with van der Waals surface area (Å²) in [5.74, 6) is -1.17. The van der Waals surface area contributed by atoms with Crippen LogP contribution in [-0.4, -0.2) is 31.3 Å². The third-order valence-corrected chi connectivity index (χ3v) is 2.31. The summed E-state index contributed by atoms with van der Waals surface area (Å²) >= 11 is 0. The SMILES string of the molecule is COc1cc(F)c(C[C@H](N)C(=O)O)cc1OC. The van der Waals surface area contributed by atoms with Crippen LogP contribution in [0.2, 0.25) is 0 Å². The Balaban J connectivity index is 3.04. The highest BCUT2D eigenvalue weighted by Gasteiger charge is 2.17. The lowest BCUT2D eigenvalue weighted by molar-refractivity contribution is -0.138. The number of hydrogen-bond acceptors (Lipinski definition) is 4. The van der Waals surface area contributed by atoms with Gasteiger partial charge in [-0.25, -0.2) is 4.39 Å². The molecule has 0 aromatic heterocycles. The molecular weight excluding hydrogens is 229 g/mol. The van der Waals surface area contributed by atoms with Crippen molar-refractivity contribution in [1.29, 1.82) is 0 Å². The van der Waals surface area contributed by atoms with Gasteiger partial charge in [-0.1, -0.05) is 0 Å². The molecule has 0 aliphatic rings. The summed E-state index contributed by atoms with van der Waals surface area (Å²) in [5, 5.41) is 8.66. The zero-order valence-electron chi connectivity index (χ0n) is 9.57. The van der Waals surface area contributed by atoms with Gasteiger partial charge in [-0.2, -0.15) is 0 Å². The summed E-state index contributed by atoms with van der Waals surface area (Å²) in [6.07, 6.45) is -0.110. The highest BCUT2D eigenvalue weighted by Crippen LogP contribution is 2.30. The molecule has 94 valence electrons. The number of nitrogens with two attached hydrogens (primary N) is 1. The summed E-state index contributed by atoms with van der Waals surface area (Å²) in [4.78, 5) is 10.6. The average molecular weight is 243 g/mol. The van der Waals surface area contributed by atoms with Crippen molar-refractivity contribution >= 4 is 5.97 Å². The molecule has 17 heavy (non-hydrogen) atoms. The van der Waals surface area contributed by atoms with E-state index in [4.69, 9.17) is 20.3 Å². The Morgan fingerprint density at radius 3 is 2.41 bits per heavy atom. The minimum absolute atomic E-state index is 0.110. The lowest BCUT2D eigenvalue weighted by atomic mass is 10.1. The summed E-state index contributed by atoms with van der Waals surface area (Å²) in [6.45, 7) is 0. The molecule has 0 amide bonds. The number of benzene rings is 1. The summed E-state index contributed by atoms with van der Waals surface area (Å²) in [7, 11) is 2.80. The monoisotopic (exact) mass is 243 g/mol. The van der Waals surface area contributed by atoms with Crippen LogP contribution < -0.4 is 15.2 Å². The number of carbonyl (C=O) groups is 1. The van der Waals surface area contributed by atoms with E-state index in [-0.39, 0.29) is 17.7 Å². The number of ether oxygens (including phenoxy) is 2. The first-order valence-corrected chi connectivity index (χ1v) is 4.88. The van der Waals surface area contributed by atoms with Crippen molar-refractivity contribution in [3.63, 3.8) is 0 Å². The average Bonchev–Trinajstić information content (AvgIpc) is 2.30. The van der Waals surface area contributed by atoms with Gasteiger partial charge in [-0.3, -0.25) is 4.79 Å². The van der Waals surface area contributed by atoms with Crippen LogP contribution in [0.15, 0.2) is 12.1 Å².